The molecule has 0 saturated heterocycles. The number of fused-ring (bicyclic) bond motifs is 1. The lowest BCUT2D eigenvalue weighted by Crippen LogP contribution is -2.35. The SMILES string of the molecule is CC(=O)C1CN(Cc2ccccc2)Cc2ccccc21. The van der Waals surface area contributed by atoms with Gasteiger partial charge in [0.2, 0.25) is 0 Å². The fourth-order valence-corrected chi connectivity index (χ4v) is 2.99. The van der Waals surface area contributed by atoms with Gasteiger partial charge < -0.3 is 0 Å². The summed E-state index contributed by atoms with van der Waals surface area (Å²) in [6.45, 7) is 4.35. The molecule has 20 heavy (non-hydrogen) atoms. The molecule has 1 unspecified atom stereocenters. The quantitative estimate of drug-likeness (QED) is 0.848. The van der Waals surface area contributed by atoms with Crippen LogP contribution in [-0.4, -0.2) is 17.2 Å². The fraction of sp³-hybridized carbons (Fsp3) is 0.278. The molecule has 0 bridgehead atoms. The molecule has 3 rings (SSSR count). The molecule has 1 aliphatic heterocycles. The second kappa shape index (κ2) is 5.59. The zero-order chi connectivity index (χ0) is 13.9. The highest BCUT2D eigenvalue weighted by Crippen LogP contribution is 2.29. The van der Waals surface area contributed by atoms with Crippen molar-refractivity contribution in [2.75, 3.05) is 6.54 Å². The molecular weight excluding hydrogens is 246 g/mol. The normalized spacial score (nSPS) is 18.6. The highest BCUT2D eigenvalue weighted by atomic mass is 16.1. The molecule has 0 N–H and O–H groups in total. The van der Waals surface area contributed by atoms with E-state index in [0.29, 0.717) is 0 Å². The van der Waals surface area contributed by atoms with Crippen LogP contribution in [0, 0.1) is 0 Å². The predicted molar refractivity (Wildman–Crippen MR) is 80.4 cm³/mol. The van der Waals surface area contributed by atoms with E-state index in [1.807, 2.05) is 12.1 Å². The number of hydrogen-bond donors (Lipinski definition) is 0. The van der Waals surface area contributed by atoms with Crippen molar-refractivity contribution in [2.45, 2.75) is 25.9 Å². The number of benzene rings is 2. The summed E-state index contributed by atoms with van der Waals surface area (Å²) in [6.07, 6.45) is 0. The lowest BCUT2D eigenvalue weighted by atomic mass is 9.87. The summed E-state index contributed by atoms with van der Waals surface area (Å²) in [5.74, 6) is 0.277. The number of nitrogens with zero attached hydrogens (tertiary/aromatic N) is 1. The number of hydrogen-bond acceptors (Lipinski definition) is 2. The van der Waals surface area contributed by atoms with Gasteiger partial charge in [-0.25, -0.2) is 0 Å². The Morgan fingerprint density at radius 3 is 2.55 bits per heavy atom. The van der Waals surface area contributed by atoms with Gasteiger partial charge in [-0.05, 0) is 23.6 Å². The third kappa shape index (κ3) is 2.66. The third-order valence-corrected chi connectivity index (χ3v) is 4.00. The maximum Gasteiger partial charge on any atom is 0.138 e. The van der Waals surface area contributed by atoms with Crippen LogP contribution in [0.1, 0.15) is 29.5 Å². The Bertz CT molecular complexity index is 606. The summed E-state index contributed by atoms with van der Waals surface area (Å²) in [7, 11) is 0. The summed E-state index contributed by atoms with van der Waals surface area (Å²) < 4.78 is 0. The molecule has 2 nitrogen and oxygen atoms in total. The summed E-state index contributed by atoms with van der Waals surface area (Å²) in [6, 6.07) is 18.8. The summed E-state index contributed by atoms with van der Waals surface area (Å²) in [4.78, 5) is 14.3. The Morgan fingerprint density at radius 2 is 1.80 bits per heavy atom. The summed E-state index contributed by atoms with van der Waals surface area (Å²) >= 11 is 0. The first-order chi connectivity index (χ1) is 9.74. The highest BCUT2D eigenvalue weighted by Gasteiger charge is 2.27. The standard InChI is InChI=1S/C18H19NO/c1-14(20)18-13-19(11-15-7-3-2-4-8-15)12-16-9-5-6-10-17(16)18/h2-10,18H,11-13H2,1H3. The van der Waals surface area contributed by atoms with E-state index in [4.69, 9.17) is 0 Å². The van der Waals surface area contributed by atoms with Crippen LogP contribution in [0.2, 0.25) is 0 Å². The predicted octanol–water partition coefficient (Wildman–Crippen LogP) is 3.38. The Balaban J connectivity index is 1.85. The van der Waals surface area contributed by atoms with Crippen molar-refractivity contribution in [3.8, 4) is 0 Å². The van der Waals surface area contributed by atoms with Gasteiger partial charge in [-0.15, -0.1) is 0 Å². The molecule has 1 atom stereocenters. The van der Waals surface area contributed by atoms with Crippen molar-refractivity contribution in [3.05, 3.63) is 71.3 Å². The number of Topliss-reactive ketones (excluding diaryl/α,β-unsaturated/α-hetero) is 1. The lowest BCUT2D eigenvalue weighted by Gasteiger charge is -2.33. The van der Waals surface area contributed by atoms with E-state index < -0.39 is 0 Å². The monoisotopic (exact) mass is 265 g/mol. The van der Waals surface area contributed by atoms with Gasteiger partial charge in [-0.1, -0.05) is 54.6 Å². The highest BCUT2D eigenvalue weighted by molar-refractivity contribution is 5.84. The zero-order valence-electron chi connectivity index (χ0n) is 11.8. The summed E-state index contributed by atoms with van der Waals surface area (Å²) in [5, 5.41) is 0. The minimum absolute atomic E-state index is 0.0173. The summed E-state index contributed by atoms with van der Waals surface area (Å²) in [5.41, 5.74) is 3.80. The van der Waals surface area contributed by atoms with Crippen LogP contribution in [0.25, 0.3) is 0 Å². The molecule has 0 saturated carbocycles. The third-order valence-electron chi connectivity index (χ3n) is 4.00. The van der Waals surface area contributed by atoms with Gasteiger partial charge in [0.1, 0.15) is 5.78 Å². The molecular formula is C18H19NO. The maximum atomic E-state index is 11.9. The first-order valence-electron chi connectivity index (χ1n) is 7.08. The van der Waals surface area contributed by atoms with Crippen molar-refractivity contribution in [1.82, 2.24) is 4.90 Å². The van der Waals surface area contributed by atoms with Gasteiger partial charge >= 0.3 is 0 Å². The first-order valence-corrected chi connectivity index (χ1v) is 7.08. The molecule has 2 aromatic rings. The van der Waals surface area contributed by atoms with Crippen LogP contribution in [0.4, 0.5) is 0 Å². The Hall–Kier alpha value is -1.93. The smallest absolute Gasteiger partial charge is 0.138 e. The maximum absolute atomic E-state index is 11.9. The van der Waals surface area contributed by atoms with Crippen LogP contribution in [0.15, 0.2) is 54.6 Å². The largest absolute Gasteiger partial charge is 0.299 e. The molecule has 0 spiro atoms. The van der Waals surface area contributed by atoms with Crippen LogP contribution < -0.4 is 0 Å². The number of carbonyl (C=O) groups is 1. The van der Waals surface area contributed by atoms with Gasteiger partial charge in [0.15, 0.2) is 0 Å². The van der Waals surface area contributed by atoms with Crippen molar-refractivity contribution < 1.29 is 4.79 Å². The molecule has 2 heteroatoms. The van der Waals surface area contributed by atoms with E-state index >= 15 is 0 Å². The minimum Gasteiger partial charge on any atom is -0.299 e. The molecule has 1 heterocycles. The van der Waals surface area contributed by atoms with Gasteiger partial charge in [0, 0.05) is 19.6 Å². The number of carbonyl (C=O) groups excluding carboxylic acids is 1. The first kappa shape index (κ1) is 13.1. The molecule has 0 fully saturated rings. The second-order valence-electron chi connectivity index (χ2n) is 5.52. The van der Waals surface area contributed by atoms with Crippen molar-refractivity contribution in [1.29, 1.82) is 0 Å². The average molecular weight is 265 g/mol. The minimum atomic E-state index is 0.0173. The van der Waals surface area contributed by atoms with E-state index in [1.54, 1.807) is 6.92 Å². The molecule has 0 aliphatic carbocycles. The molecule has 2 aromatic carbocycles. The average Bonchev–Trinajstić information content (AvgIpc) is 2.47. The van der Waals surface area contributed by atoms with Crippen LogP contribution in [0.3, 0.4) is 0 Å². The van der Waals surface area contributed by atoms with Crippen molar-refractivity contribution in [3.63, 3.8) is 0 Å². The number of ketones is 1. The topological polar surface area (TPSA) is 20.3 Å². The molecule has 102 valence electrons. The Kier molecular flexibility index (Phi) is 3.66. The van der Waals surface area contributed by atoms with E-state index in [-0.39, 0.29) is 11.7 Å². The van der Waals surface area contributed by atoms with Gasteiger partial charge in [0.05, 0.1) is 5.92 Å². The van der Waals surface area contributed by atoms with Gasteiger partial charge in [-0.3, -0.25) is 9.69 Å². The molecule has 0 amide bonds. The van der Waals surface area contributed by atoms with Crippen LogP contribution in [0.5, 0.6) is 0 Å². The zero-order valence-corrected chi connectivity index (χ0v) is 11.8. The van der Waals surface area contributed by atoms with E-state index in [0.717, 1.165) is 19.6 Å². The van der Waals surface area contributed by atoms with Gasteiger partial charge in [-0.2, -0.15) is 0 Å². The van der Waals surface area contributed by atoms with Crippen LogP contribution in [-0.2, 0) is 17.9 Å². The van der Waals surface area contributed by atoms with E-state index in [1.165, 1.54) is 16.7 Å². The van der Waals surface area contributed by atoms with E-state index in [9.17, 15) is 4.79 Å². The van der Waals surface area contributed by atoms with Crippen molar-refractivity contribution in [2.24, 2.45) is 0 Å². The van der Waals surface area contributed by atoms with Crippen molar-refractivity contribution >= 4 is 5.78 Å². The molecule has 0 aromatic heterocycles. The van der Waals surface area contributed by atoms with Crippen LogP contribution >= 0.6 is 0 Å². The van der Waals surface area contributed by atoms with E-state index in [2.05, 4.69) is 47.4 Å². The lowest BCUT2D eigenvalue weighted by molar-refractivity contribution is -0.119. The fourth-order valence-electron chi connectivity index (χ4n) is 2.99. The second-order valence-corrected chi connectivity index (χ2v) is 5.52. The Labute approximate surface area is 120 Å². The molecule has 1 aliphatic rings. The number of rotatable bonds is 3. The Morgan fingerprint density at radius 1 is 1.10 bits per heavy atom. The van der Waals surface area contributed by atoms with Gasteiger partial charge in [0.25, 0.3) is 0 Å². The molecule has 0 radical (unpaired) electrons.